The maximum atomic E-state index is 5.25. The molecule has 0 amide bonds. The zero-order valence-corrected chi connectivity index (χ0v) is 58.4. The Morgan fingerprint density at radius 2 is 0.454 bits per heavy atom. The highest BCUT2D eigenvalue weighted by Crippen LogP contribution is 2.43. The minimum absolute atomic E-state index is 0.583. The average molecular weight is 1380 g/mol. The second-order valence-electron chi connectivity index (χ2n) is 27.5. The minimum atomic E-state index is 0.583. The zero-order chi connectivity index (χ0) is 71.2. The van der Waals surface area contributed by atoms with E-state index in [1.54, 1.807) is 0 Å². The van der Waals surface area contributed by atoms with Crippen molar-refractivity contribution in [1.29, 1.82) is 0 Å². The zero-order valence-electron chi connectivity index (χ0n) is 58.4. The smallest absolute Gasteiger partial charge is 0.238 e. The fraction of sp³-hybridized carbons (Fsp3) is 0. The topological polar surface area (TPSA) is 84.2 Å². The first-order valence-electron chi connectivity index (χ1n) is 36.5. The summed E-state index contributed by atoms with van der Waals surface area (Å²) in [5.41, 5.74) is 21.7. The van der Waals surface area contributed by atoms with Crippen LogP contribution in [0.15, 0.2) is 382 Å². The first-order valence-corrected chi connectivity index (χ1v) is 36.5. The van der Waals surface area contributed by atoms with Gasteiger partial charge in [-0.25, -0.2) is 15.0 Å². The molecule has 0 bridgehead atoms. The van der Waals surface area contributed by atoms with Gasteiger partial charge in [0.05, 0.1) is 66.9 Å². The molecule has 0 aliphatic rings. The van der Waals surface area contributed by atoms with E-state index >= 15 is 0 Å². The van der Waals surface area contributed by atoms with Crippen molar-refractivity contribution >= 4 is 109 Å². The second-order valence-corrected chi connectivity index (χ2v) is 27.5. The van der Waals surface area contributed by atoms with Gasteiger partial charge >= 0.3 is 0 Å². The van der Waals surface area contributed by atoms with E-state index in [-0.39, 0.29) is 0 Å². The van der Waals surface area contributed by atoms with Gasteiger partial charge in [0.1, 0.15) is 0 Å². The molecule has 16 aromatic carbocycles. The SMILES string of the molecule is c1ccc(-c2cc(-c3ccccc3)nc(-n3c4ccccc4c4ccc(-c5ccc6c(c5)c5ccccc5n6-c5cccc6ccccc56)cc43)n2)cc1.c1ccc(-c2nc(-c3ccccc3)nc(-n3c4ccccc4c4ccc(-c5ccc6c(c5)c5ccccc5n6-c5cccc6ccccc56)cc43)n2)cc1. The lowest BCUT2D eigenvalue weighted by Crippen LogP contribution is -2.06. The summed E-state index contributed by atoms with van der Waals surface area (Å²) in [4.78, 5) is 25.8. The summed E-state index contributed by atoms with van der Waals surface area (Å²) in [6.45, 7) is 0. The molecule has 504 valence electrons. The van der Waals surface area contributed by atoms with Crippen LogP contribution < -0.4 is 0 Å². The summed E-state index contributed by atoms with van der Waals surface area (Å²) < 4.78 is 9.25. The van der Waals surface area contributed by atoms with Gasteiger partial charge in [0.2, 0.25) is 11.9 Å². The molecule has 0 spiro atoms. The van der Waals surface area contributed by atoms with Crippen LogP contribution in [-0.4, -0.2) is 43.2 Å². The molecule has 0 unspecified atom stereocenters. The molecule has 9 nitrogen and oxygen atoms in total. The van der Waals surface area contributed by atoms with Gasteiger partial charge < -0.3 is 9.13 Å². The highest BCUT2D eigenvalue weighted by atomic mass is 15.2. The standard InChI is InChI=1S/C50H32N4.C49H31N5/c1-3-15-34(16-4-1)43-32-44(35-17-5-2-6-18-35)52-50(51-43)54-47-24-12-9-21-39(47)41-28-26-37(31-49(41)54)36-27-29-48-42(30-36)40-22-10-11-23-46(40)53(48)45-25-13-19-33-14-7-8-20-38(33)45;1-3-15-33(16-4-1)47-50-48(34-17-5-2-6-18-34)52-49(51-47)54-44-24-12-9-21-38(44)40-28-26-36(31-46(40)54)35-27-29-45-41(30-35)39-22-10-11-23-43(39)53(45)42-25-13-19-32-14-7-8-20-37(32)42/h1-32H;1-31H. The van der Waals surface area contributed by atoms with Crippen LogP contribution >= 0.6 is 0 Å². The van der Waals surface area contributed by atoms with Crippen LogP contribution in [0.1, 0.15) is 0 Å². The van der Waals surface area contributed by atoms with E-state index in [0.717, 1.165) is 94.1 Å². The molecule has 6 heterocycles. The maximum absolute atomic E-state index is 5.25. The van der Waals surface area contributed by atoms with Crippen molar-refractivity contribution < 1.29 is 0 Å². The number of rotatable bonds is 10. The fourth-order valence-electron chi connectivity index (χ4n) is 16.3. The largest absolute Gasteiger partial charge is 0.309 e. The summed E-state index contributed by atoms with van der Waals surface area (Å²) in [6, 6.07) is 135. The van der Waals surface area contributed by atoms with E-state index in [1.807, 2.05) is 72.8 Å². The lowest BCUT2D eigenvalue weighted by molar-refractivity contribution is 0.953. The summed E-state index contributed by atoms with van der Waals surface area (Å²) in [6.07, 6.45) is 0. The molecule has 6 aromatic heterocycles. The Kier molecular flexibility index (Phi) is 14.7. The molecular weight excluding hydrogens is 1320 g/mol. The molecule has 0 aliphatic carbocycles. The Morgan fingerprint density at radius 3 is 0.870 bits per heavy atom. The lowest BCUT2D eigenvalue weighted by atomic mass is 10.0. The van der Waals surface area contributed by atoms with Gasteiger partial charge in [-0.3, -0.25) is 9.13 Å². The Labute approximate surface area is 621 Å². The van der Waals surface area contributed by atoms with Crippen molar-refractivity contribution in [2.24, 2.45) is 0 Å². The number of aromatic nitrogens is 9. The van der Waals surface area contributed by atoms with Gasteiger partial charge in [-0.15, -0.1) is 0 Å². The molecule has 0 atom stereocenters. The number of hydrogen-bond acceptors (Lipinski definition) is 5. The van der Waals surface area contributed by atoms with Crippen molar-refractivity contribution in [1.82, 2.24) is 43.2 Å². The van der Waals surface area contributed by atoms with Crippen LogP contribution in [0.2, 0.25) is 0 Å². The predicted molar refractivity (Wildman–Crippen MR) is 447 cm³/mol. The summed E-state index contributed by atoms with van der Waals surface area (Å²) in [5, 5.41) is 14.5. The molecule has 108 heavy (non-hydrogen) atoms. The highest BCUT2D eigenvalue weighted by Gasteiger charge is 2.23. The molecule has 22 aromatic rings. The summed E-state index contributed by atoms with van der Waals surface area (Å²) in [5.74, 6) is 2.50. The van der Waals surface area contributed by atoms with Crippen LogP contribution in [-0.2, 0) is 0 Å². The maximum Gasteiger partial charge on any atom is 0.238 e. The summed E-state index contributed by atoms with van der Waals surface area (Å²) in [7, 11) is 0. The average Bonchev–Trinajstić information content (AvgIpc) is 1.61. The molecule has 0 saturated carbocycles. The van der Waals surface area contributed by atoms with E-state index < -0.39 is 0 Å². The van der Waals surface area contributed by atoms with E-state index in [0.29, 0.717) is 23.5 Å². The summed E-state index contributed by atoms with van der Waals surface area (Å²) >= 11 is 0. The third-order valence-electron chi connectivity index (χ3n) is 21.3. The van der Waals surface area contributed by atoms with Gasteiger partial charge in [0.15, 0.2) is 11.6 Å². The van der Waals surface area contributed by atoms with E-state index in [4.69, 9.17) is 24.9 Å². The molecule has 0 radical (unpaired) electrons. The van der Waals surface area contributed by atoms with E-state index in [9.17, 15) is 0 Å². The van der Waals surface area contributed by atoms with Gasteiger partial charge in [0, 0.05) is 76.1 Å². The first kappa shape index (κ1) is 61.9. The molecular formula is C99H63N9. The normalized spacial score (nSPS) is 11.7. The molecule has 0 aliphatic heterocycles. The van der Waals surface area contributed by atoms with Crippen LogP contribution in [0.25, 0.3) is 200 Å². The third kappa shape index (κ3) is 10.4. The van der Waals surface area contributed by atoms with E-state index in [1.165, 1.54) is 81.9 Å². The van der Waals surface area contributed by atoms with Crippen LogP contribution in [0.4, 0.5) is 0 Å². The molecule has 22 rings (SSSR count). The Bertz CT molecular complexity index is 6730. The van der Waals surface area contributed by atoms with Gasteiger partial charge in [-0.2, -0.15) is 9.97 Å². The van der Waals surface area contributed by atoms with Crippen LogP contribution in [0.3, 0.4) is 0 Å². The van der Waals surface area contributed by atoms with E-state index in [2.05, 4.69) is 328 Å². The molecule has 0 fully saturated rings. The Morgan fingerprint density at radius 1 is 0.157 bits per heavy atom. The van der Waals surface area contributed by atoms with Crippen LogP contribution in [0.5, 0.6) is 0 Å². The van der Waals surface area contributed by atoms with Gasteiger partial charge in [-0.1, -0.05) is 303 Å². The molecule has 9 heteroatoms. The second kappa shape index (κ2) is 25.6. The lowest BCUT2D eigenvalue weighted by Gasteiger charge is -2.12. The number of para-hydroxylation sites is 4. The molecule has 0 saturated heterocycles. The number of nitrogens with zero attached hydrogens (tertiary/aromatic N) is 9. The first-order chi connectivity index (χ1) is 53.6. The van der Waals surface area contributed by atoms with Crippen molar-refractivity contribution in [2.75, 3.05) is 0 Å². The van der Waals surface area contributed by atoms with Gasteiger partial charge in [-0.05, 0) is 112 Å². The fourth-order valence-corrected chi connectivity index (χ4v) is 16.3. The molecule has 0 N–H and O–H groups in total. The van der Waals surface area contributed by atoms with Crippen molar-refractivity contribution in [3.05, 3.63) is 382 Å². The monoisotopic (exact) mass is 1380 g/mol. The van der Waals surface area contributed by atoms with Gasteiger partial charge in [0.25, 0.3) is 0 Å². The van der Waals surface area contributed by atoms with Crippen molar-refractivity contribution in [2.45, 2.75) is 0 Å². The Hall–Kier alpha value is -14.7. The highest BCUT2D eigenvalue weighted by molar-refractivity contribution is 6.15. The Balaban J connectivity index is 0.000000138. The number of fused-ring (bicyclic) bond motifs is 14. The number of benzene rings is 16. The number of hydrogen-bond donors (Lipinski definition) is 0. The van der Waals surface area contributed by atoms with Crippen molar-refractivity contribution in [3.8, 4) is 90.8 Å². The van der Waals surface area contributed by atoms with Crippen LogP contribution in [0, 0.1) is 0 Å². The minimum Gasteiger partial charge on any atom is -0.309 e. The van der Waals surface area contributed by atoms with Crippen molar-refractivity contribution in [3.63, 3.8) is 0 Å². The quantitative estimate of drug-likeness (QED) is 0.136. The predicted octanol–water partition coefficient (Wildman–Crippen LogP) is 25.0. The third-order valence-corrected chi connectivity index (χ3v) is 21.3.